The van der Waals surface area contributed by atoms with Crippen LogP contribution in [0.3, 0.4) is 0 Å². The van der Waals surface area contributed by atoms with E-state index in [9.17, 15) is 4.79 Å². The number of aryl methyl sites for hydroxylation is 1. The van der Waals surface area contributed by atoms with Crippen LogP contribution in [0.15, 0.2) is 12.3 Å². The number of hydrogen-bond acceptors (Lipinski definition) is 3. The molecule has 0 aromatic carbocycles. The highest BCUT2D eigenvalue weighted by Gasteiger charge is 2.14. The van der Waals surface area contributed by atoms with Gasteiger partial charge in [0.25, 0.3) is 0 Å². The molecule has 0 saturated carbocycles. The van der Waals surface area contributed by atoms with E-state index >= 15 is 0 Å². The van der Waals surface area contributed by atoms with E-state index in [2.05, 4.69) is 11.9 Å². The van der Waals surface area contributed by atoms with Crippen molar-refractivity contribution in [2.45, 2.75) is 26.2 Å². The Labute approximate surface area is 88.9 Å². The molecule has 0 spiro atoms. The Kier molecular flexibility index (Phi) is 4.09. The van der Waals surface area contributed by atoms with E-state index in [4.69, 9.17) is 9.84 Å². The minimum atomic E-state index is -0.980. The molecule has 4 heteroatoms. The number of aromatic carboxylic acids is 1. The molecule has 4 nitrogen and oxygen atoms in total. The third-order valence-electron chi connectivity index (χ3n) is 2.18. The van der Waals surface area contributed by atoms with Gasteiger partial charge in [0, 0.05) is 6.20 Å². The standard InChI is InChI=1S/C11H15NO3/c1-3-4-5-9-10(15-2)8(11(13)14)6-7-12-9/h6-7H,3-5H2,1-2H3,(H,13,14). The number of unbranched alkanes of at least 4 members (excludes halogenated alkanes) is 1. The first kappa shape index (κ1) is 11.5. The summed E-state index contributed by atoms with van der Waals surface area (Å²) in [6.45, 7) is 2.08. The maximum Gasteiger partial charge on any atom is 0.339 e. The van der Waals surface area contributed by atoms with Crippen molar-refractivity contribution in [1.82, 2.24) is 4.98 Å². The van der Waals surface area contributed by atoms with Gasteiger partial charge in [0.15, 0.2) is 5.75 Å². The average molecular weight is 209 g/mol. The molecule has 0 saturated heterocycles. The number of methoxy groups -OCH3 is 1. The summed E-state index contributed by atoms with van der Waals surface area (Å²) >= 11 is 0. The maximum atomic E-state index is 10.9. The summed E-state index contributed by atoms with van der Waals surface area (Å²) in [5.74, 6) is -0.592. The number of aromatic nitrogens is 1. The fourth-order valence-corrected chi connectivity index (χ4v) is 1.41. The summed E-state index contributed by atoms with van der Waals surface area (Å²) in [6, 6.07) is 1.45. The van der Waals surface area contributed by atoms with Gasteiger partial charge >= 0.3 is 5.97 Å². The lowest BCUT2D eigenvalue weighted by molar-refractivity contribution is 0.0693. The molecule has 1 aromatic rings. The Bertz CT molecular complexity index is 350. The fourth-order valence-electron chi connectivity index (χ4n) is 1.41. The fraction of sp³-hybridized carbons (Fsp3) is 0.455. The number of carboxylic acid groups (broad SMARTS) is 1. The van der Waals surface area contributed by atoms with Crippen molar-refractivity contribution in [3.05, 3.63) is 23.5 Å². The molecule has 0 radical (unpaired) electrons. The summed E-state index contributed by atoms with van der Waals surface area (Å²) in [5.41, 5.74) is 0.901. The van der Waals surface area contributed by atoms with Crippen molar-refractivity contribution < 1.29 is 14.6 Å². The minimum absolute atomic E-state index is 0.179. The molecule has 0 amide bonds. The van der Waals surface area contributed by atoms with Gasteiger partial charge in [-0.3, -0.25) is 4.98 Å². The zero-order chi connectivity index (χ0) is 11.3. The second-order valence-corrected chi connectivity index (χ2v) is 3.25. The minimum Gasteiger partial charge on any atom is -0.494 e. The molecule has 1 aromatic heterocycles. The smallest absolute Gasteiger partial charge is 0.339 e. The van der Waals surface area contributed by atoms with Crippen molar-refractivity contribution in [3.63, 3.8) is 0 Å². The third-order valence-corrected chi connectivity index (χ3v) is 2.18. The van der Waals surface area contributed by atoms with Crippen LogP contribution in [0.5, 0.6) is 5.75 Å². The Morgan fingerprint density at radius 1 is 1.60 bits per heavy atom. The van der Waals surface area contributed by atoms with E-state index < -0.39 is 5.97 Å². The zero-order valence-corrected chi connectivity index (χ0v) is 8.99. The number of carboxylic acids is 1. The molecule has 0 atom stereocenters. The van der Waals surface area contributed by atoms with Gasteiger partial charge in [-0.25, -0.2) is 4.79 Å². The number of pyridine rings is 1. The molecule has 0 aliphatic heterocycles. The Morgan fingerprint density at radius 2 is 2.33 bits per heavy atom. The molecular formula is C11H15NO3. The van der Waals surface area contributed by atoms with E-state index in [0.29, 0.717) is 5.75 Å². The number of carbonyl (C=O) groups is 1. The van der Waals surface area contributed by atoms with E-state index in [-0.39, 0.29) is 5.56 Å². The summed E-state index contributed by atoms with van der Waals surface area (Å²) in [6.07, 6.45) is 4.28. The van der Waals surface area contributed by atoms with Crippen LogP contribution in [0.25, 0.3) is 0 Å². The maximum absolute atomic E-state index is 10.9. The first-order chi connectivity index (χ1) is 7.20. The number of hydrogen-bond donors (Lipinski definition) is 1. The predicted octanol–water partition coefficient (Wildman–Crippen LogP) is 2.13. The van der Waals surface area contributed by atoms with Crippen molar-refractivity contribution >= 4 is 5.97 Å². The van der Waals surface area contributed by atoms with Crippen LogP contribution >= 0.6 is 0 Å². The number of nitrogens with zero attached hydrogens (tertiary/aromatic N) is 1. The Morgan fingerprint density at radius 3 is 2.87 bits per heavy atom. The molecule has 0 unspecified atom stereocenters. The van der Waals surface area contributed by atoms with Gasteiger partial charge in [0.2, 0.25) is 0 Å². The lowest BCUT2D eigenvalue weighted by Crippen LogP contribution is -2.05. The predicted molar refractivity (Wildman–Crippen MR) is 56.4 cm³/mol. The Balaban J connectivity index is 3.04. The van der Waals surface area contributed by atoms with E-state index in [0.717, 1.165) is 25.0 Å². The highest BCUT2D eigenvalue weighted by Crippen LogP contribution is 2.23. The SMILES string of the molecule is CCCCc1nccc(C(=O)O)c1OC. The van der Waals surface area contributed by atoms with Gasteiger partial charge in [-0.05, 0) is 18.9 Å². The molecule has 1 rings (SSSR count). The van der Waals surface area contributed by atoms with Crippen LogP contribution in [-0.4, -0.2) is 23.2 Å². The highest BCUT2D eigenvalue weighted by atomic mass is 16.5. The summed E-state index contributed by atoms with van der Waals surface area (Å²) in [7, 11) is 1.47. The Hall–Kier alpha value is -1.58. The van der Waals surface area contributed by atoms with Crippen LogP contribution in [0.1, 0.15) is 35.8 Å². The van der Waals surface area contributed by atoms with E-state index in [1.165, 1.54) is 19.4 Å². The van der Waals surface area contributed by atoms with Crippen LogP contribution in [0.4, 0.5) is 0 Å². The second-order valence-electron chi connectivity index (χ2n) is 3.25. The molecule has 0 fully saturated rings. The topological polar surface area (TPSA) is 59.4 Å². The van der Waals surface area contributed by atoms with E-state index in [1.54, 1.807) is 0 Å². The first-order valence-corrected chi connectivity index (χ1v) is 4.95. The summed E-state index contributed by atoms with van der Waals surface area (Å²) in [4.78, 5) is 15.0. The van der Waals surface area contributed by atoms with Crippen molar-refractivity contribution in [1.29, 1.82) is 0 Å². The van der Waals surface area contributed by atoms with Gasteiger partial charge in [0.05, 0.1) is 12.8 Å². The number of rotatable bonds is 5. The molecule has 1 N–H and O–H groups in total. The zero-order valence-electron chi connectivity index (χ0n) is 8.99. The molecule has 15 heavy (non-hydrogen) atoms. The van der Waals surface area contributed by atoms with Crippen molar-refractivity contribution in [3.8, 4) is 5.75 Å². The van der Waals surface area contributed by atoms with Gasteiger partial charge in [0.1, 0.15) is 5.56 Å². The van der Waals surface area contributed by atoms with Crippen LogP contribution in [0, 0.1) is 0 Å². The van der Waals surface area contributed by atoms with Gasteiger partial charge in [-0.15, -0.1) is 0 Å². The normalized spacial score (nSPS) is 10.0. The molecule has 0 bridgehead atoms. The quantitative estimate of drug-likeness (QED) is 0.807. The van der Waals surface area contributed by atoms with Crippen molar-refractivity contribution in [2.24, 2.45) is 0 Å². The van der Waals surface area contributed by atoms with Crippen LogP contribution in [-0.2, 0) is 6.42 Å². The first-order valence-electron chi connectivity index (χ1n) is 4.95. The molecule has 1 heterocycles. The molecular weight excluding hydrogens is 194 g/mol. The summed E-state index contributed by atoms with van der Waals surface area (Å²) in [5, 5.41) is 8.94. The van der Waals surface area contributed by atoms with Gasteiger partial charge < -0.3 is 9.84 Å². The third kappa shape index (κ3) is 2.68. The lowest BCUT2D eigenvalue weighted by atomic mass is 10.1. The van der Waals surface area contributed by atoms with E-state index in [1.807, 2.05) is 0 Å². The second kappa shape index (κ2) is 5.34. The molecule has 82 valence electrons. The van der Waals surface area contributed by atoms with Crippen LogP contribution in [0.2, 0.25) is 0 Å². The lowest BCUT2D eigenvalue weighted by Gasteiger charge is -2.09. The largest absolute Gasteiger partial charge is 0.494 e. The highest BCUT2D eigenvalue weighted by molar-refractivity contribution is 5.91. The molecule has 0 aliphatic carbocycles. The summed E-state index contributed by atoms with van der Waals surface area (Å²) < 4.78 is 5.09. The van der Waals surface area contributed by atoms with Gasteiger partial charge in [-0.1, -0.05) is 13.3 Å². The average Bonchev–Trinajstić information content (AvgIpc) is 2.25. The monoisotopic (exact) mass is 209 g/mol. The number of ether oxygens (including phenoxy) is 1. The van der Waals surface area contributed by atoms with Crippen molar-refractivity contribution in [2.75, 3.05) is 7.11 Å². The molecule has 0 aliphatic rings. The van der Waals surface area contributed by atoms with Crippen LogP contribution < -0.4 is 4.74 Å². The van der Waals surface area contributed by atoms with Gasteiger partial charge in [-0.2, -0.15) is 0 Å².